The van der Waals surface area contributed by atoms with Gasteiger partial charge in [-0.1, -0.05) is 0 Å². The summed E-state index contributed by atoms with van der Waals surface area (Å²) in [7, 11) is 0. The third-order valence-electron chi connectivity index (χ3n) is 5.21. The molecule has 1 fully saturated rings. The van der Waals surface area contributed by atoms with Crippen LogP contribution in [0.1, 0.15) is 49.0 Å². The minimum absolute atomic E-state index is 0.0138. The van der Waals surface area contributed by atoms with Crippen LogP contribution in [0.4, 0.5) is 8.78 Å². The largest absolute Gasteiger partial charge is 0.348 e. The van der Waals surface area contributed by atoms with Crippen molar-refractivity contribution in [2.75, 3.05) is 0 Å². The van der Waals surface area contributed by atoms with E-state index in [2.05, 4.69) is 30.5 Å². The molecule has 4 rings (SSSR count). The van der Waals surface area contributed by atoms with Crippen LogP contribution in [-0.4, -0.2) is 48.1 Å². The van der Waals surface area contributed by atoms with Crippen molar-refractivity contribution in [2.24, 2.45) is 5.92 Å². The Morgan fingerprint density at radius 1 is 1.29 bits per heavy atom. The Hall–Kier alpha value is -2.91. The number of nitrogens with one attached hydrogen (secondary N) is 2. The number of halogens is 2. The smallest absolute Gasteiger partial charge is 0.272 e. The molecule has 1 aliphatic carbocycles. The molecular weight excluding hydrogens is 368 g/mol. The Bertz CT molecular complexity index is 933. The molecule has 3 aromatic rings. The summed E-state index contributed by atoms with van der Waals surface area (Å²) < 4.78 is 26.4. The zero-order valence-corrected chi connectivity index (χ0v) is 15.2. The predicted octanol–water partition coefficient (Wildman–Crippen LogP) is 2.87. The van der Waals surface area contributed by atoms with E-state index in [9.17, 15) is 13.6 Å². The summed E-state index contributed by atoms with van der Waals surface area (Å²) in [4.78, 5) is 25.6. The SMILES string of the molecule is O=C(NC1CCC(CCC(F)F)CC1)c1nc(-n2ccnc2)nc2cn[nH]c12. The van der Waals surface area contributed by atoms with Crippen LogP contribution < -0.4 is 5.32 Å². The molecule has 0 unspecified atom stereocenters. The Kier molecular flexibility index (Phi) is 5.27. The van der Waals surface area contributed by atoms with Gasteiger partial charge in [-0.3, -0.25) is 14.5 Å². The molecular formula is C18H21F2N7O. The Morgan fingerprint density at radius 2 is 2.11 bits per heavy atom. The molecule has 0 aromatic carbocycles. The molecule has 1 aliphatic rings. The average Bonchev–Trinajstić information content (AvgIpc) is 3.38. The maximum Gasteiger partial charge on any atom is 0.272 e. The molecule has 0 spiro atoms. The number of rotatable bonds is 6. The lowest BCUT2D eigenvalue weighted by atomic mass is 9.83. The minimum atomic E-state index is -2.24. The van der Waals surface area contributed by atoms with Crippen molar-refractivity contribution in [3.63, 3.8) is 0 Å². The van der Waals surface area contributed by atoms with E-state index in [1.54, 1.807) is 29.5 Å². The highest BCUT2D eigenvalue weighted by Gasteiger charge is 2.25. The van der Waals surface area contributed by atoms with Crippen molar-refractivity contribution in [1.82, 2.24) is 35.0 Å². The van der Waals surface area contributed by atoms with E-state index < -0.39 is 6.43 Å². The predicted molar refractivity (Wildman–Crippen MR) is 97.3 cm³/mol. The van der Waals surface area contributed by atoms with Gasteiger partial charge in [0.05, 0.1) is 6.20 Å². The normalized spacial score (nSPS) is 20.0. The van der Waals surface area contributed by atoms with Gasteiger partial charge < -0.3 is 5.32 Å². The molecule has 148 valence electrons. The van der Waals surface area contributed by atoms with Crippen molar-refractivity contribution >= 4 is 16.9 Å². The van der Waals surface area contributed by atoms with E-state index >= 15 is 0 Å². The van der Waals surface area contributed by atoms with Gasteiger partial charge in [-0.15, -0.1) is 0 Å². The fourth-order valence-electron chi connectivity index (χ4n) is 3.70. The van der Waals surface area contributed by atoms with Gasteiger partial charge in [-0.2, -0.15) is 5.10 Å². The molecule has 10 heteroatoms. The fraction of sp³-hybridized carbons (Fsp3) is 0.500. The lowest BCUT2D eigenvalue weighted by Gasteiger charge is -2.29. The first-order chi connectivity index (χ1) is 13.6. The van der Waals surface area contributed by atoms with Crippen LogP contribution in [-0.2, 0) is 0 Å². The van der Waals surface area contributed by atoms with Crippen molar-refractivity contribution < 1.29 is 13.6 Å². The number of nitrogens with zero attached hydrogens (tertiary/aromatic N) is 5. The number of alkyl halides is 2. The molecule has 1 saturated carbocycles. The minimum Gasteiger partial charge on any atom is -0.348 e. The van der Waals surface area contributed by atoms with Gasteiger partial charge in [0.1, 0.15) is 17.4 Å². The number of carbonyl (C=O) groups is 1. The number of imidazole rings is 1. The second-order valence-electron chi connectivity index (χ2n) is 7.13. The van der Waals surface area contributed by atoms with Crippen LogP contribution in [0, 0.1) is 5.92 Å². The summed E-state index contributed by atoms with van der Waals surface area (Å²) in [6.07, 6.45) is 7.94. The molecule has 28 heavy (non-hydrogen) atoms. The van der Waals surface area contributed by atoms with Crippen LogP contribution in [0.5, 0.6) is 0 Å². The van der Waals surface area contributed by atoms with Gasteiger partial charge in [-0.05, 0) is 38.0 Å². The molecule has 0 aliphatic heterocycles. The molecule has 3 aromatic heterocycles. The number of fused-ring (bicyclic) bond motifs is 1. The highest BCUT2D eigenvalue weighted by Crippen LogP contribution is 2.29. The van der Waals surface area contributed by atoms with Crippen LogP contribution >= 0.6 is 0 Å². The van der Waals surface area contributed by atoms with Crippen LogP contribution in [0.15, 0.2) is 24.9 Å². The topological polar surface area (TPSA) is 101 Å². The summed E-state index contributed by atoms with van der Waals surface area (Å²) in [5, 5.41) is 9.77. The summed E-state index contributed by atoms with van der Waals surface area (Å²) in [6, 6.07) is 0.0138. The third kappa shape index (κ3) is 4.00. The molecule has 0 atom stereocenters. The highest BCUT2D eigenvalue weighted by atomic mass is 19.3. The number of hydrogen-bond acceptors (Lipinski definition) is 5. The van der Waals surface area contributed by atoms with Crippen molar-refractivity contribution in [3.8, 4) is 5.95 Å². The van der Waals surface area contributed by atoms with Crippen LogP contribution in [0.25, 0.3) is 17.0 Å². The molecule has 0 saturated heterocycles. The quantitative estimate of drug-likeness (QED) is 0.675. The number of aromatic amines is 1. The van der Waals surface area contributed by atoms with E-state index in [1.807, 2.05) is 0 Å². The zero-order chi connectivity index (χ0) is 19.5. The van der Waals surface area contributed by atoms with Crippen molar-refractivity contribution in [2.45, 2.75) is 51.0 Å². The first-order valence-corrected chi connectivity index (χ1v) is 9.38. The fourth-order valence-corrected chi connectivity index (χ4v) is 3.70. The maximum atomic E-state index is 12.9. The number of carbonyl (C=O) groups excluding carboxylic acids is 1. The lowest BCUT2D eigenvalue weighted by molar-refractivity contribution is 0.0912. The van der Waals surface area contributed by atoms with Gasteiger partial charge in [-0.25, -0.2) is 23.7 Å². The summed E-state index contributed by atoms with van der Waals surface area (Å²) in [5.74, 6) is 0.356. The molecule has 3 heterocycles. The number of hydrogen-bond donors (Lipinski definition) is 2. The van der Waals surface area contributed by atoms with E-state index in [-0.39, 0.29) is 24.1 Å². The van der Waals surface area contributed by atoms with E-state index in [4.69, 9.17) is 0 Å². The Morgan fingerprint density at radius 3 is 2.82 bits per heavy atom. The first kappa shape index (κ1) is 18.5. The number of aromatic nitrogens is 6. The van der Waals surface area contributed by atoms with Crippen LogP contribution in [0.3, 0.4) is 0 Å². The molecule has 0 bridgehead atoms. The first-order valence-electron chi connectivity index (χ1n) is 9.38. The third-order valence-corrected chi connectivity index (χ3v) is 5.21. The van der Waals surface area contributed by atoms with Crippen LogP contribution in [0.2, 0.25) is 0 Å². The number of amides is 1. The molecule has 0 radical (unpaired) electrons. The zero-order valence-electron chi connectivity index (χ0n) is 15.2. The Labute approximate surface area is 159 Å². The molecule has 1 amide bonds. The van der Waals surface area contributed by atoms with Crippen molar-refractivity contribution in [1.29, 1.82) is 0 Å². The van der Waals surface area contributed by atoms with E-state index in [0.717, 1.165) is 25.7 Å². The summed E-state index contributed by atoms with van der Waals surface area (Å²) in [5.41, 5.74) is 1.25. The Balaban J connectivity index is 1.45. The van der Waals surface area contributed by atoms with Gasteiger partial charge >= 0.3 is 0 Å². The molecule has 2 N–H and O–H groups in total. The lowest BCUT2D eigenvalue weighted by Crippen LogP contribution is -2.38. The van der Waals surface area contributed by atoms with E-state index in [0.29, 0.717) is 29.3 Å². The monoisotopic (exact) mass is 389 g/mol. The second kappa shape index (κ2) is 7.99. The summed E-state index contributed by atoms with van der Waals surface area (Å²) >= 11 is 0. The summed E-state index contributed by atoms with van der Waals surface area (Å²) in [6.45, 7) is 0. The maximum absolute atomic E-state index is 12.9. The standard InChI is InChI=1S/C18H21F2N7O/c19-14(20)6-3-11-1-4-12(5-2-11)23-17(28)16-15-13(9-22-26-15)24-18(25-16)27-8-7-21-10-27/h7-12,14H,1-6H2,(H,22,26)(H,23,28). The average molecular weight is 389 g/mol. The van der Waals surface area contributed by atoms with Gasteiger partial charge in [0.25, 0.3) is 5.91 Å². The van der Waals surface area contributed by atoms with Crippen molar-refractivity contribution in [3.05, 3.63) is 30.6 Å². The van der Waals surface area contributed by atoms with Gasteiger partial charge in [0.15, 0.2) is 5.69 Å². The molecule has 8 nitrogen and oxygen atoms in total. The highest BCUT2D eigenvalue weighted by molar-refractivity contribution is 6.02. The van der Waals surface area contributed by atoms with Gasteiger partial charge in [0.2, 0.25) is 12.4 Å². The van der Waals surface area contributed by atoms with Gasteiger partial charge in [0, 0.05) is 24.9 Å². The number of H-pyrrole nitrogens is 1. The second-order valence-corrected chi connectivity index (χ2v) is 7.13. The van der Waals surface area contributed by atoms with E-state index in [1.165, 1.54) is 0 Å².